The van der Waals surface area contributed by atoms with Crippen LogP contribution in [0.15, 0.2) is 18.2 Å². The van der Waals surface area contributed by atoms with Crippen molar-refractivity contribution in [1.82, 2.24) is 0 Å². The van der Waals surface area contributed by atoms with E-state index >= 15 is 0 Å². The molecule has 0 spiro atoms. The first-order valence-electron chi connectivity index (χ1n) is 10.1. The third-order valence-electron chi connectivity index (χ3n) is 5.06. The van der Waals surface area contributed by atoms with Gasteiger partial charge in [0.1, 0.15) is 5.00 Å². The molecule has 0 atom stereocenters. The van der Waals surface area contributed by atoms with Gasteiger partial charge < -0.3 is 15.4 Å². The average molecular weight is 448 g/mol. The molecular weight excluding hydrogens is 422 g/mol. The maximum absolute atomic E-state index is 12.7. The number of hydrogen-bond acceptors (Lipinski definition) is 6. The third-order valence-corrected chi connectivity index (χ3v) is 6.47. The Bertz CT molecular complexity index is 971. The number of benzene rings is 1. The summed E-state index contributed by atoms with van der Waals surface area (Å²) in [4.78, 5) is 24.5. The summed E-state index contributed by atoms with van der Waals surface area (Å²) in [5, 5.41) is 18.2. The summed E-state index contributed by atoms with van der Waals surface area (Å²) < 4.78 is 5.32. The number of nitrogens with zero attached hydrogens (tertiary/aromatic N) is 1. The molecule has 0 fully saturated rings. The Kier molecular flexibility index (Phi) is 7.38. The molecule has 1 aromatic heterocycles. The highest BCUT2D eigenvalue weighted by molar-refractivity contribution is 7.80. The van der Waals surface area contributed by atoms with E-state index in [4.69, 9.17) is 17.0 Å². The van der Waals surface area contributed by atoms with E-state index in [9.17, 15) is 14.9 Å². The SMILES string of the molecule is CCOC(=O)c1c(NC(=S)Nc2cc([N+](=O)[O-])ccc2C)sc2c1CCCCCC2. The van der Waals surface area contributed by atoms with E-state index in [-0.39, 0.29) is 16.8 Å². The lowest BCUT2D eigenvalue weighted by Crippen LogP contribution is -2.21. The van der Waals surface area contributed by atoms with Crippen LogP contribution in [0.25, 0.3) is 0 Å². The molecule has 30 heavy (non-hydrogen) atoms. The van der Waals surface area contributed by atoms with Gasteiger partial charge in [0, 0.05) is 22.7 Å². The number of nitrogens with one attached hydrogen (secondary N) is 2. The maximum atomic E-state index is 12.7. The zero-order chi connectivity index (χ0) is 21.7. The highest BCUT2D eigenvalue weighted by Crippen LogP contribution is 2.37. The minimum Gasteiger partial charge on any atom is -0.462 e. The number of carbonyl (C=O) groups excluding carboxylic acids is 1. The number of rotatable bonds is 5. The van der Waals surface area contributed by atoms with Crippen LogP contribution in [0.1, 0.15) is 59.0 Å². The monoisotopic (exact) mass is 447 g/mol. The lowest BCUT2D eigenvalue weighted by atomic mass is 9.96. The van der Waals surface area contributed by atoms with Crippen molar-refractivity contribution in [2.75, 3.05) is 17.2 Å². The van der Waals surface area contributed by atoms with Crippen molar-refractivity contribution >= 4 is 51.0 Å². The molecule has 7 nitrogen and oxygen atoms in total. The van der Waals surface area contributed by atoms with Gasteiger partial charge in [0.05, 0.1) is 17.1 Å². The van der Waals surface area contributed by atoms with Gasteiger partial charge in [0.2, 0.25) is 0 Å². The number of hydrogen-bond donors (Lipinski definition) is 2. The Hall–Kier alpha value is -2.52. The van der Waals surface area contributed by atoms with Gasteiger partial charge in [0.25, 0.3) is 5.69 Å². The van der Waals surface area contributed by atoms with E-state index in [0.29, 0.717) is 22.9 Å². The molecule has 2 N–H and O–H groups in total. The van der Waals surface area contributed by atoms with Crippen LogP contribution in [0.5, 0.6) is 0 Å². The molecule has 2 aromatic rings. The molecule has 1 aromatic carbocycles. The Morgan fingerprint density at radius 2 is 1.97 bits per heavy atom. The lowest BCUT2D eigenvalue weighted by molar-refractivity contribution is -0.384. The van der Waals surface area contributed by atoms with Gasteiger partial charge in [-0.05, 0) is 62.9 Å². The number of anilines is 2. The van der Waals surface area contributed by atoms with E-state index < -0.39 is 4.92 Å². The molecule has 0 saturated heterocycles. The Morgan fingerprint density at radius 3 is 2.67 bits per heavy atom. The molecule has 1 aliphatic carbocycles. The standard InChI is InChI=1S/C21H25N3O4S2/c1-3-28-20(25)18-15-8-6-4-5-7-9-17(15)30-19(18)23-21(29)22-16-12-14(24(26)27)11-10-13(16)2/h10-12H,3-9H2,1-2H3,(H2,22,23,29). The second-order valence-electron chi connectivity index (χ2n) is 7.18. The van der Waals surface area contributed by atoms with Gasteiger partial charge in [-0.2, -0.15) is 0 Å². The fourth-order valence-electron chi connectivity index (χ4n) is 3.54. The van der Waals surface area contributed by atoms with Crippen LogP contribution in [0.4, 0.5) is 16.4 Å². The number of aryl methyl sites for hydroxylation is 2. The van der Waals surface area contributed by atoms with Crippen LogP contribution in [-0.4, -0.2) is 22.6 Å². The Morgan fingerprint density at radius 1 is 1.23 bits per heavy atom. The van der Waals surface area contributed by atoms with Crippen molar-refractivity contribution in [3.05, 3.63) is 49.9 Å². The van der Waals surface area contributed by atoms with Crippen molar-refractivity contribution in [3.63, 3.8) is 0 Å². The minimum atomic E-state index is -0.445. The molecule has 1 aliphatic rings. The number of non-ortho nitro benzene ring substituents is 1. The van der Waals surface area contributed by atoms with Crippen molar-refractivity contribution in [1.29, 1.82) is 0 Å². The van der Waals surface area contributed by atoms with Crippen LogP contribution in [0.3, 0.4) is 0 Å². The van der Waals surface area contributed by atoms with Crippen molar-refractivity contribution in [2.45, 2.75) is 52.4 Å². The lowest BCUT2D eigenvalue weighted by Gasteiger charge is -2.13. The largest absolute Gasteiger partial charge is 0.462 e. The third kappa shape index (κ3) is 5.14. The second kappa shape index (κ2) is 9.99. The number of thiocarbonyl (C=S) groups is 1. The predicted molar refractivity (Wildman–Crippen MR) is 124 cm³/mol. The quantitative estimate of drug-likeness (QED) is 0.266. The van der Waals surface area contributed by atoms with Crippen LogP contribution in [-0.2, 0) is 17.6 Å². The number of nitro benzene ring substituents is 1. The number of esters is 1. The van der Waals surface area contributed by atoms with Crippen molar-refractivity contribution in [3.8, 4) is 0 Å². The van der Waals surface area contributed by atoms with Crippen LogP contribution in [0.2, 0.25) is 0 Å². The highest BCUT2D eigenvalue weighted by atomic mass is 32.1. The van der Waals surface area contributed by atoms with E-state index in [1.165, 1.54) is 23.4 Å². The summed E-state index contributed by atoms with van der Waals surface area (Å²) in [7, 11) is 0. The average Bonchev–Trinajstić information content (AvgIpc) is 2.99. The highest BCUT2D eigenvalue weighted by Gasteiger charge is 2.26. The first-order valence-corrected chi connectivity index (χ1v) is 11.3. The number of carbonyl (C=O) groups is 1. The molecule has 0 aliphatic heterocycles. The fourth-order valence-corrected chi connectivity index (χ4v) is 5.10. The van der Waals surface area contributed by atoms with E-state index in [0.717, 1.165) is 43.2 Å². The molecule has 1 heterocycles. The topological polar surface area (TPSA) is 93.5 Å². The Labute approximate surface area is 185 Å². The predicted octanol–water partition coefficient (Wildman–Crippen LogP) is 5.61. The fraction of sp³-hybridized carbons (Fsp3) is 0.429. The second-order valence-corrected chi connectivity index (χ2v) is 8.69. The van der Waals surface area contributed by atoms with Gasteiger partial charge in [-0.3, -0.25) is 10.1 Å². The van der Waals surface area contributed by atoms with E-state index in [1.54, 1.807) is 24.3 Å². The first-order chi connectivity index (χ1) is 14.4. The van der Waals surface area contributed by atoms with E-state index in [2.05, 4.69) is 10.6 Å². The normalized spacial score (nSPS) is 13.5. The van der Waals surface area contributed by atoms with E-state index in [1.807, 2.05) is 6.92 Å². The van der Waals surface area contributed by atoms with Gasteiger partial charge in [0.15, 0.2) is 5.11 Å². The smallest absolute Gasteiger partial charge is 0.341 e. The number of thiophene rings is 1. The zero-order valence-corrected chi connectivity index (χ0v) is 18.7. The summed E-state index contributed by atoms with van der Waals surface area (Å²) in [6, 6.07) is 4.57. The molecule has 0 amide bonds. The van der Waals surface area contributed by atoms with Gasteiger partial charge >= 0.3 is 5.97 Å². The zero-order valence-electron chi connectivity index (χ0n) is 17.1. The van der Waals surface area contributed by atoms with Crippen LogP contribution < -0.4 is 10.6 Å². The van der Waals surface area contributed by atoms with Crippen LogP contribution in [0, 0.1) is 17.0 Å². The maximum Gasteiger partial charge on any atom is 0.341 e. The summed E-state index contributed by atoms with van der Waals surface area (Å²) in [5.41, 5.74) is 2.99. The van der Waals surface area contributed by atoms with Crippen molar-refractivity contribution < 1.29 is 14.5 Å². The summed E-state index contributed by atoms with van der Waals surface area (Å²) in [6.07, 6.45) is 6.30. The first kappa shape index (κ1) is 22.2. The Balaban J connectivity index is 1.87. The van der Waals surface area contributed by atoms with Gasteiger partial charge in [-0.25, -0.2) is 4.79 Å². The summed E-state index contributed by atoms with van der Waals surface area (Å²) in [6.45, 7) is 3.94. The molecule has 3 rings (SSSR count). The van der Waals surface area contributed by atoms with Gasteiger partial charge in [-0.1, -0.05) is 18.9 Å². The molecule has 9 heteroatoms. The minimum absolute atomic E-state index is 0.0165. The molecule has 0 bridgehead atoms. The molecule has 160 valence electrons. The van der Waals surface area contributed by atoms with Crippen molar-refractivity contribution in [2.24, 2.45) is 0 Å². The molecule has 0 saturated carbocycles. The number of ether oxygens (including phenoxy) is 1. The number of nitro groups is 1. The summed E-state index contributed by atoms with van der Waals surface area (Å²) >= 11 is 7.00. The summed E-state index contributed by atoms with van der Waals surface area (Å²) in [5.74, 6) is -0.340. The van der Waals surface area contributed by atoms with Crippen LogP contribution >= 0.6 is 23.6 Å². The molecular formula is C21H25N3O4S2. The molecule has 0 radical (unpaired) electrons. The van der Waals surface area contributed by atoms with Gasteiger partial charge in [-0.15, -0.1) is 11.3 Å². The number of fused-ring (bicyclic) bond motifs is 1. The molecule has 0 unspecified atom stereocenters.